The second kappa shape index (κ2) is 9.98. The Morgan fingerprint density at radius 3 is 1.73 bits per heavy atom. The zero-order valence-corrected chi connectivity index (χ0v) is 20.5. The Morgan fingerprint density at radius 2 is 1.21 bits per heavy atom. The number of benzene rings is 4. The molecule has 164 valence electrons. The second-order valence-corrected chi connectivity index (χ2v) is 8.54. The van der Waals surface area contributed by atoms with Gasteiger partial charge in [0, 0.05) is 11.1 Å². The minimum atomic E-state index is 0.661. The van der Waals surface area contributed by atoms with Crippen molar-refractivity contribution < 1.29 is 0 Å². The average molecular weight is 429 g/mol. The van der Waals surface area contributed by atoms with Gasteiger partial charge in [0.2, 0.25) is 0 Å². The molecular weight excluding hydrogens is 396 g/mol. The number of hydrogen-bond acceptors (Lipinski definition) is 0. The fourth-order valence-electron chi connectivity index (χ4n) is 4.90. The largest absolute Gasteiger partial charge is 0.101 e. The lowest BCUT2D eigenvalue weighted by Crippen LogP contribution is -2.10. The number of fused-ring (bicyclic) bond motifs is 2. The van der Waals surface area contributed by atoms with Crippen LogP contribution in [0.3, 0.4) is 0 Å². The van der Waals surface area contributed by atoms with E-state index in [0.717, 1.165) is 11.1 Å². The lowest BCUT2D eigenvalue weighted by molar-refractivity contribution is 0.421. The molecule has 1 fully saturated rings. The van der Waals surface area contributed by atoms with Gasteiger partial charge in [0.05, 0.1) is 0 Å². The molecule has 1 aliphatic carbocycles. The first kappa shape index (κ1) is 22.7. The monoisotopic (exact) mass is 428 g/mol. The van der Waals surface area contributed by atoms with E-state index in [1.807, 2.05) is 27.7 Å². The summed E-state index contributed by atoms with van der Waals surface area (Å²) in [5.74, 6) is 13.1. The maximum atomic E-state index is 3.21. The lowest BCUT2D eigenvalue weighted by atomic mass is 9.75. The maximum Gasteiger partial charge on any atom is 0.0251 e. The first-order chi connectivity index (χ1) is 16.2. The molecule has 0 nitrogen and oxygen atoms in total. The summed E-state index contributed by atoms with van der Waals surface area (Å²) in [6, 6.07) is 22.5. The predicted molar refractivity (Wildman–Crippen MR) is 145 cm³/mol. The van der Waals surface area contributed by atoms with Crippen molar-refractivity contribution in [3.05, 3.63) is 82.9 Å². The van der Waals surface area contributed by atoms with E-state index in [1.54, 1.807) is 0 Å². The quantitative estimate of drug-likeness (QED) is 0.279. The van der Waals surface area contributed by atoms with Crippen molar-refractivity contribution >= 4 is 21.5 Å². The third-order valence-corrected chi connectivity index (χ3v) is 6.61. The maximum absolute atomic E-state index is 3.21. The minimum absolute atomic E-state index is 0.661. The van der Waals surface area contributed by atoms with Crippen LogP contribution in [0.5, 0.6) is 0 Å². The molecule has 0 aromatic heterocycles. The summed E-state index contributed by atoms with van der Waals surface area (Å²) in [7, 11) is 0. The third-order valence-electron chi connectivity index (χ3n) is 6.61. The molecule has 0 amide bonds. The summed E-state index contributed by atoms with van der Waals surface area (Å²) in [5.41, 5.74) is 7.76. The van der Waals surface area contributed by atoms with Crippen molar-refractivity contribution in [2.24, 2.45) is 0 Å². The molecule has 0 bridgehead atoms. The summed E-state index contributed by atoms with van der Waals surface area (Å²) in [6.07, 6.45) is 3.91. The van der Waals surface area contributed by atoms with Gasteiger partial charge in [0.15, 0.2) is 0 Å². The van der Waals surface area contributed by atoms with Gasteiger partial charge in [-0.1, -0.05) is 68.5 Å². The van der Waals surface area contributed by atoms with E-state index in [9.17, 15) is 0 Å². The van der Waals surface area contributed by atoms with Crippen LogP contribution in [-0.4, -0.2) is 0 Å². The van der Waals surface area contributed by atoms with Crippen molar-refractivity contribution in [3.8, 4) is 34.8 Å². The molecule has 5 rings (SSSR count). The zero-order chi connectivity index (χ0) is 23.4. The van der Waals surface area contributed by atoms with E-state index in [4.69, 9.17) is 0 Å². The highest BCUT2D eigenvalue weighted by atomic mass is 14.3. The summed E-state index contributed by atoms with van der Waals surface area (Å²) >= 11 is 0. The van der Waals surface area contributed by atoms with Gasteiger partial charge in [-0.2, -0.15) is 0 Å². The predicted octanol–water partition coefficient (Wildman–Crippen LogP) is 9.00. The van der Waals surface area contributed by atoms with Crippen molar-refractivity contribution in [3.63, 3.8) is 0 Å². The Hall–Kier alpha value is -3.48. The first-order valence-electron chi connectivity index (χ1n) is 12.2. The second-order valence-electron chi connectivity index (χ2n) is 8.54. The normalized spacial score (nSPS) is 12.6. The van der Waals surface area contributed by atoms with Crippen LogP contribution in [0, 0.1) is 30.6 Å². The number of hydrogen-bond donors (Lipinski definition) is 0. The van der Waals surface area contributed by atoms with Crippen LogP contribution >= 0.6 is 0 Å². The molecule has 0 heteroatoms. The summed E-state index contributed by atoms with van der Waals surface area (Å²) in [6.45, 7) is 10.0. The van der Waals surface area contributed by atoms with Crippen LogP contribution in [0.1, 0.15) is 75.1 Å². The van der Waals surface area contributed by atoms with Gasteiger partial charge < -0.3 is 0 Å². The van der Waals surface area contributed by atoms with E-state index in [2.05, 4.69) is 91.3 Å². The molecular formula is C33H32. The van der Waals surface area contributed by atoms with Crippen molar-refractivity contribution in [1.82, 2.24) is 0 Å². The Balaban J connectivity index is 0.00000126. The standard InChI is InChI=1S/C31H26.C2H6/c1-4-7-22-12-16-28-25(19-22)14-11-21(3)30(28)31-27(24-9-6-10-24)18-15-26-20-23(8-5-2)13-17-29(26)31;1-2/h11-20,24H,6,9-10H2,1-3H3;1-2H3. The van der Waals surface area contributed by atoms with Crippen molar-refractivity contribution in [2.45, 2.75) is 59.8 Å². The molecule has 0 atom stereocenters. The van der Waals surface area contributed by atoms with Gasteiger partial charge in [-0.15, -0.1) is 11.8 Å². The Labute approximate surface area is 199 Å². The molecule has 1 aliphatic rings. The molecule has 0 aliphatic heterocycles. The fourth-order valence-corrected chi connectivity index (χ4v) is 4.90. The molecule has 0 unspecified atom stereocenters. The van der Waals surface area contributed by atoms with Gasteiger partial charge in [-0.3, -0.25) is 0 Å². The number of rotatable bonds is 2. The molecule has 4 aromatic rings. The summed E-state index contributed by atoms with van der Waals surface area (Å²) in [5, 5.41) is 5.17. The molecule has 4 aromatic carbocycles. The van der Waals surface area contributed by atoms with Gasteiger partial charge in [-0.05, 0) is 108 Å². The van der Waals surface area contributed by atoms with E-state index >= 15 is 0 Å². The topological polar surface area (TPSA) is 0 Å². The van der Waals surface area contributed by atoms with E-state index in [1.165, 1.54) is 63.1 Å². The van der Waals surface area contributed by atoms with Crippen LogP contribution in [0.2, 0.25) is 0 Å². The van der Waals surface area contributed by atoms with Gasteiger partial charge in [0.1, 0.15) is 0 Å². The Bertz CT molecular complexity index is 1440. The number of aryl methyl sites for hydroxylation is 1. The molecule has 0 radical (unpaired) electrons. The summed E-state index contributed by atoms with van der Waals surface area (Å²) < 4.78 is 0. The van der Waals surface area contributed by atoms with Gasteiger partial charge >= 0.3 is 0 Å². The van der Waals surface area contributed by atoms with E-state index < -0.39 is 0 Å². The third kappa shape index (κ3) is 4.27. The molecule has 0 spiro atoms. The average Bonchev–Trinajstić information content (AvgIpc) is 2.80. The fraction of sp³-hybridized carbons (Fsp3) is 0.273. The van der Waals surface area contributed by atoms with Crippen LogP contribution in [0.4, 0.5) is 0 Å². The molecule has 0 N–H and O–H groups in total. The highest BCUT2D eigenvalue weighted by molar-refractivity contribution is 6.08. The Kier molecular flexibility index (Phi) is 6.87. The highest BCUT2D eigenvalue weighted by Gasteiger charge is 2.25. The van der Waals surface area contributed by atoms with Crippen LogP contribution in [-0.2, 0) is 0 Å². The van der Waals surface area contributed by atoms with Crippen molar-refractivity contribution in [1.29, 1.82) is 0 Å². The van der Waals surface area contributed by atoms with Crippen molar-refractivity contribution in [2.75, 3.05) is 0 Å². The first-order valence-corrected chi connectivity index (χ1v) is 12.2. The van der Waals surface area contributed by atoms with Gasteiger partial charge in [0.25, 0.3) is 0 Å². The highest BCUT2D eigenvalue weighted by Crippen LogP contribution is 2.46. The summed E-state index contributed by atoms with van der Waals surface area (Å²) in [4.78, 5) is 0. The smallest absolute Gasteiger partial charge is 0.0251 e. The SMILES string of the molecule is CC.CC#Cc1ccc2c(-c3c(C4CCC4)ccc4cc(C#CC)ccc34)c(C)ccc2c1. The van der Waals surface area contributed by atoms with E-state index in [-0.39, 0.29) is 0 Å². The van der Waals surface area contributed by atoms with E-state index in [0.29, 0.717) is 5.92 Å². The molecule has 33 heavy (non-hydrogen) atoms. The van der Waals surface area contributed by atoms with Crippen LogP contribution in [0.15, 0.2) is 60.7 Å². The minimum Gasteiger partial charge on any atom is -0.101 e. The lowest BCUT2D eigenvalue weighted by Gasteiger charge is -2.30. The molecule has 0 heterocycles. The molecule has 0 saturated heterocycles. The van der Waals surface area contributed by atoms with Gasteiger partial charge in [-0.25, -0.2) is 0 Å². The van der Waals surface area contributed by atoms with Crippen LogP contribution in [0.25, 0.3) is 32.7 Å². The Morgan fingerprint density at radius 1 is 0.667 bits per heavy atom. The van der Waals surface area contributed by atoms with Crippen LogP contribution < -0.4 is 0 Å². The molecule has 1 saturated carbocycles. The zero-order valence-electron chi connectivity index (χ0n) is 20.5.